The summed E-state index contributed by atoms with van der Waals surface area (Å²) in [7, 11) is 0. The number of rotatable bonds is 7. The number of aromatic nitrogens is 2. The minimum Gasteiger partial charge on any atom is -0.462 e. The number of amides is 3. The van der Waals surface area contributed by atoms with E-state index in [1.165, 1.54) is 16.7 Å². The molecule has 0 saturated carbocycles. The number of carbonyl (C=O) groups is 4. The number of nitrogens with zero attached hydrogens (tertiary/aromatic N) is 3. The first-order valence-electron chi connectivity index (χ1n) is 14.6. The molecule has 2 aliphatic heterocycles. The van der Waals surface area contributed by atoms with E-state index < -0.39 is 40.8 Å². The monoisotopic (exact) mass is 650 g/mol. The number of ether oxygens (including phenoxy) is 1. The Morgan fingerprint density at radius 2 is 1.72 bits per heavy atom. The summed E-state index contributed by atoms with van der Waals surface area (Å²) in [6.07, 6.45) is 3.25. The molecule has 0 aliphatic carbocycles. The molecule has 3 unspecified atom stereocenters. The number of thioether (sulfide) groups is 1. The highest BCUT2D eigenvalue weighted by molar-refractivity contribution is 8.00. The summed E-state index contributed by atoms with van der Waals surface area (Å²) in [5.74, 6) is -3.17. The molecule has 230 valence electrons. The van der Waals surface area contributed by atoms with Crippen molar-refractivity contribution in [3.05, 3.63) is 117 Å². The van der Waals surface area contributed by atoms with Gasteiger partial charge in [0.2, 0.25) is 17.7 Å². The molecule has 2 aliphatic rings. The molecular formula is C34H26N4O6S2. The van der Waals surface area contributed by atoms with Crippen LogP contribution in [-0.2, 0) is 25.7 Å². The van der Waals surface area contributed by atoms with Gasteiger partial charge in [-0.25, -0.2) is 9.69 Å². The van der Waals surface area contributed by atoms with Crippen LogP contribution in [0.25, 0.3) is 10.8 Å². The van der Waals surface area contributed by atoms with E-state index in [0.29, 0.717) is 32.4 Å². The van der Waals surface area contributed by atoms with Gasteiger partial charge in [-0.2, -0.15) is 0 Å². The lowest BCUT2D eigenvalue weighted by Crippen LogP contribution is -2.33. The van der Waals surface area contributed by atoms with E-state index in [0.717, 1.165) is 38.8 Å². The molecule has 0 spiro atoms. The zero-order valence-electron chi connectivity index (χ0n) is 24.4. The van der Waals surface area contributed by atoms with E-state index in [1.54, 1.807) is 43.6 Å². The predicted molar refractivity (Wildman–Crippen MR) is 175 cm³/mol. The van der Waals surface area contributed by atoms with Crippen molar-refractivity contribution >= 4 is 68.9 Å². The number of hydrogen-bond donors (Lipinski definition) is 1. The zero-order valence-corrected chi connectivity index (χ0v) is 26.0. The van der Waals surface area contributed by atoms with E-state index in [4.69, 9.17) is 4.74 Å². The smallest absolute Gasteiger partial charge is 0.338 e. The number of benzene rings is 3. The highest BCUT2D eigenvalue weighted by Crippen LogP contribution is 2.53. The molecule has 0 radical (unpaired) electrons. The van der Waals surface area contributed by atoms with Crippen LogP contribution in [0.3, 0.4) is 0 Å². The predicted octanol–water partition coefficient (Wildman–Crippen LogP) is 5.07. The Labute approximate surface area is 271 Å². The summed E-state index contributed by atoms with van der Waals surface area (Å²) in [6, 6.07) is 23.1. The standard InChI is InChI=1S/C34H26N4O6S2/c1-2-44-33(42)20-10-13-24(14-11-20)38-30(40)27-26(22-8-5-15-35-17-22)29-32(45-28(27)31(38)41)37(34(43)46-29)18-25(39)36-23-12-9-19-6-3-4-7-21(19)16-23/h3-17,26-28H,2,18H2,1H3,(H,36,39). The van der Waals surface area contributed by atoms with Crippen molar-refractivity contribution < 1.29 is 23.9 Å². The molecule has 3 amide bonds. The second-order valence-corrected chi connectivity index (χ2v) is 13.0. The van der Waals surface area contributed by atoms with Crippen LogP contribution in [0.15, 0.2) is 101 Å². The topological polar surface area (TPSA) is 128 Å². The van der Waals surface area contributed by atoms with Crippen LogP contribution < -0.4 is 15.1 Å². The molecule has 3 atom stereocenters. The van der Waals surface area contributed by atoms with Crippen molar-refractivity contribution in [3.8, 4) is 0 Å². The first-order chi connectivity index (χ1) is 22.3. The maximum atomic E-state index is 14.1. The molecule has 1 saturated heterocycles. The van der Waals surface area contributed by atoms with Crippen molar-refractivity contribution in [2.75, 3.05) is 16.8 Å². The largest absolute Gasteiger partial charge is 0.462 e. The summed E-state index contributed by atoms with van der Waals surface area (Å²) < 4.78 is 6.43. The highest BCUT2D eigenvalue weighted by atomic mass is 32.2. The van der Waals surface area contributed by atoms with Gasteiger partial charge in [0.1, 0.15) is 11.8 Å². The highest BCUT2D eigenvalue weighted by Gasteiger charge is 2.57. The van der Waals surface area contributed by atoms with Crippen molar-refractivity contribution in [2.45, 2.75) is 29.7 Å². The average Bonchev–Trinajstić information content (AvgIpc) is 3.51. The Kier molecular flexibility index (Phi) is 7.75. The Balaban J connectivity index is 1.22. The molecular weight excluding hydrogens is 625 g/mol. The van der Waals surface area contributed by atoms with Gasteiger partial charge in [-0.1, -0.05) is 59.5 Å². The van der Waals surface area contributed by atoms with Gasteiger partial charge in [0.15, 0.2) is 0 Å². The van der Waals surface area contributed by atoms with Crippen LogP contribution in [-0.4, -0.2) is 45.1 Å². The van der Waals surface area contributed by atoms with Gasteiger partial charge < -0.3 is 10.1 Å². The summed E-state index contributed by atoms with van der Waals surface area (Å²) in [5, 5.41) is 4.53. The van der Waals surface area contributed by atoms with E-state index in [-0.39, 0.29) is 18.0 Å². The molecule has 1 fully saturated rings. The molecule has 1 N–H and O–H groups in total. The number of esters is 1. The molecule has 3 aromatic carbocycles. The number of anilines is 2. The normalized spacial score (nSPS) is 18.7. The van der Waals surface area contributed by atoms with Gasteiger partial charge in [0.25, 0.3) is 0 Å². The quantitative estimate of drug-likeness (QED) is 0.191. The number of hydrogen-bond acceptors (Lipinski definition) is 9. The number of fused-ring (bicyclic) bond motifs is 3. The second kappa shape index (κ2) is 12.0. The number of pyridine rings is 1. The van der Waals surface area contributed by atoms with Crippen LogP contribution in [0, 0.1) is 5.92 Å². The lowest BCUT2D eigenvalue weighted by molar-refractivity contribution is -0.122. The summed E-state index contributed by atoms with van der Waals surface area (Å²) >= 11 is 2.11. The fourth-order valence-electron chi connectivity index (χ4n) is 6.00. The number of nitrogens with one attached hydrogen (secondary N) is 1. The lowest BCUT2D eigenvalue weighted by Gasteiger charge is -2.30. The maximum absolute atomic E-state index is 14.1. The molecule has 46 heavy (non-hydrogen) atoms. The van der Waals surface area contributed by atoms with Crippen molar-refractivity contribution in [3.63, 3.8) is 0 Å². The van der Waals surface area contributed by atoms with Gasteiger partial charge in [-0.3, -0.25) is 28.7 Å². The third-order valence-corrected chi connectivity index (χ3v) is 10.7. The molecule has 0 bridgehead atoms. The Morgan fingerprint density at radius 3 is 2.46 bits per heavy atom. The number of imide groups is 1. The van der Waals surface area contributed by atoms with Gasteiger partial charge in [0.05, 0.1) is 28.8 Å². The van der Waals surface area contributed by atoms with E-state index >= 15 is 0 Å². The van der Waals surface area contributed by atoms with E-state index in [9.17, 15) is 24.0 Å². The third-order valence-electron chi connectivity index (χ3n) is 8.06. The summed E-state index contributed by atoms with van der Waals surface area (Å²) in [6.45, 7) is 1.67. The van der Waals surface area contributed by atoms with Crippen molar-refractivity contribution in [2.24, 2.45) is 5.92 Å². The van der Waals surface area contributed by atoms with Crippen molar-refractivity contribution in [1.29, 1.82) is 0 Å². The number of carbonyl (C=O) groups excluding carboxylic acids is 4. The molecule has 7 rings (SSSR count). The average molecular weight is 651 g/mol. The second-order valence-electron chi connectivity index (χ2n) is 10.8. The van der Waals surface area contributed by atoms with Crippen LogP contribution in [0.5, 0.6) is 0 Å². The molecule has 2 aromatic heterocycles. The van der Waals surface area contributed by atoms with Gasteiger partial charge >= 0.3 is 10.8 Å². The fraction of sp³-hybridized carbons (Fsp3) is 0.176. The lowest BCUT2D eigenvalue weighted by atomic mass is 9.84. The Morgan fingerprint density at radius 1 is 0.935 bits per heavy atom. The first kappa shape index (κ1) is 29.6. The molecule has 10 nitrogen and oxygen atoms in total. The van der Waals surface area contributed by atoms with E-state index in [2.05, 4.69) is 10.3 Å². The van der Waals surface area contributed by atoms with Gasteiger partial charge in [-0.05, 0) is 65.7 Å². The zero-order chi connectivity index (χ0) is 31.9. The van der Waals surface area contributed by atoms with Crippen LogP contribution in [0.1, 0.15) is 33.6 Å². The minimum atomic E-state index is -0.848. The number of thiazole rings is 1. The third kappa shape index (κ3) is 5.19. The van der Waals surface area contributed by atoms with Gasteiger partial charge in [-0.15, -0.1) is 0 Å². The molecule has 12 heteroatoms. The minimum absolute atomic E-state index is 0.223. The molecule has 5 aromatic rings. The van der Waals surface area contributed by atoms with Crippen LogP contribution >= 0.6 is 23.1 Å². The van der Waals surface area contributed by atoms with Crippen LogP contribution in [0.2, 0.25) is 0 Å². The molecule has 4 heterocycles. The summed E-state index contributed by atoms with van der Waals surface area (Å²) in [4.78, 5) is 72.5. The fourth-order valence-corrected chi connectivity index (χ4v) is 8.77. The Hall–Kier alpha value is -5.07. The van der Waals surface area contributed by atoms with E-state index in [1.807, 2.05) is 42.5 Å². The first-order valence-corrected chi connectivity index (χ1v) is 16.3. The maximum Gasteiger partial charge on any atom is 0.338 e. The van der Waals surface area contributed by atoms with Crippen LogP contribution in [0.4, 0.5) is 11.4 Å². The summed E-state index contributed by atoms with van der Waals surface area (Å²) in [5.41, 5.74) is 1.92. The Bertz CT molecular complexity index is 2080. The van der Waals surface area contributed by atoms with Crippen molar-refractivity contribution in [1.82, 2.24) is 9.55 Å². The van der Waals surface area contributed by atoms with Gasteiger partial charge in [0, 0.05) is 28.9 Å². The SMILES string of the molecule is CCOC(=O)c1ccc(N2C(=O)C3Sc4c(sc(=O)n4CC(=O)Nc4ccc5ccccc5c4)C(c4cccnc4)C3C2=O)cc1.